The lowest BCUT2D eigenvalue weighted by Gasteiger charge is -2.26. The quantitative estimate of drug-likeness (QED) is 0.734. The highest BCUT2D eigenvalue weighted by molar-refractivity contribution is 5.89. The number of aliphatic hydroxyl groups is 1. The highest BCUT2D eigenvalue weighted by atomic mass is 19.4. The Kier molecular flexibility index (Phi) is 6.32. The summed E-state index contributed by atoms with van der Waals surface area (Å²) in [6.07, 6.45) is -3.46. The average molecular weight is 409 g/mol. The van der Waals surface area contributed by atoms with Gasteiger partial charge in [-0.3, -0.25) is 0 Å². The van der Waals surface area contributed by atoms with Gasteiger partial charge >= 0.3 is 12.1 Å². The Morgan fingerprint density at radius 3 is 2.34 bits per heavy atom. The Hall–Kier alpha value is -2.74. The number of esters is 1. The molecule has 1 N–H and O–H groups in total. The summed E-state index contributed by atoms with van der Waals surface area (Å²) in [7, 11) is 1.32. The number of carbonyl (C=O) groups excluding carboxylic acids is 1. The minimum Gasteiger partial charge on any atom is -0.489 e. The molecule has 0 spiro atoms. The van der Waals surface area contributed by atoms with Crippen LogP contribution in [0.4, 0.5) is 18.9 Å². The molecular formula is C21H22F3NO4. The number of alkyl halides is 3. The van der Waals surface area contributed by atoms with Crippen LogP contribution in [0.3, 0.4) is 0 Å². The largest absolute Gasteiger partial charge is 0.489 e. The lowest BCUT2D eigenvalue weighted by molar-refractivity contribution is -0.137. The fraction of sp³-hybridized carbons (Fsp3) is 0.381. The number of anilines is 1. The van der Waals surface area contributed by atoms with E-state index in [4.69, 9.17) is 9.47 Å². The minimum atomic E-state index is -4.38. The number of hydrogen-bond donors (Lipinski definition) is 1. The molecule has 0 unspecified atom stereocenters. The summed E-state index contributed by atoms with van der Waals surface area (Å²) >= 11 is 0. The Bertz CT molecular complexity index is 821. The van der Waals surface area contributed by atoms with E-state index in [-0.39, 0.29) is 18.8 Å². The normalized spacial score (nSPS) is 19.3. The van der Waals surface area contributed by atoms with E-state index in [0.29, 0.717) is 30.7 Å². The van der Waals surface area contributed by atoms with Gasteiger partial charge < -0.3 is 19.5 Å². The molecule has 0 radical (unpaired) electrons. The van der Waals surface area contributed by atoms with Crippen molar-refractivity contribution in [2.24, 2.45) is 0 Å². The number of carbonyl (C=O) groups is 1. The summed E-state index contributed by atoms with van der Waals surface area (Å²) in [5.41, 5.74) is 0.586. The molecule has 2 atom stereocenters. The average Bonchev–Trinajstić information content (AvgIpc) is 3.10. The predicted molar refractivity (Wildman–Crippen MR) is 101 cm³/mol. The number of rotatable bonds is 6. The Labute approximate surface area is 166 Å². The molecular weight excluding hydrogens is 387 g/mol. The fourth-order valence-corrected chi connectivity index (χ4v) is 3.52. The molecule has 1 heterocycles. The van der Waals surface area contributed by atoms with Gasteiger partial charge in [0.2, 0.25) is 0 Å². The van der Waals surface area contributed by atoms with Crippen LogP contribution in [0.2, 0.25) is 0 Å². The molecule has 5 nitrogen and oxygen atoms in total. The molecule has 0 aliphatic carbocycles. The van der Waals surface area contributed by atoms with Crippen molar-refractivity contribution < 1.29 is 32.5 Å². The third-order valence-corrected chi connectivity index (χ3v) is 4.94. The maximum absolute atomic E-state index is 12.7. The zero-order valence-corrected chi connectivity index (χ0v) is 15.9. The Morgan fingerprint density at radius 2 is 1.79 bits per heavy atom. The molecule has 3 rings (SSSR count). The first-order valence-corrected chi connectivity index (χ1v) is 9.21. The molecule has 0 amide bonds. The molecule has 1 saturated heterocycles. The number of nitrogens with zero attached hydrogens (tertiary/aromatic N) is 1. The molecule has 0 saturated carbocycles. The van der Waals surface area contributed by atoms with E-state index in [1.165, 1.54) is 19.2 Å². The van der Waals surface area contributed by atoms with Crippen LogP contribution in [-0.2, 0) is 10.9 Å². The summed E-state index contributed by atoms with van der Waals surface area (Å²) in [6, 6.07) is 11.6. The topological polar surface area (TPSA) is 59.0 Å². The summed E-state index contributed by atoms with van der Waals surface area (Å²) in [5, 5.41) is 9.39. The molecule has 0 aromatic heterocycles. The lowest BCUT2D eigenvalue weighted by Crippen LogP contribution is -2.30. The molecule has 0 bridgehead atoms. The molecule has 156 valence electrons. The van der Waals surface area contributed by atoms with Gasteiger partial charge in [-0.25, -0.2) is 4.79 Å². The number of ether oxygens (including phenoxy) is 2. The fourth-order valence-electron chi connectivity index (χ4n) is 3.52. The summed E-state index contributed by atoms with van der Waals surface area (Å²) in [4.78, 5) is 13.7. The van der Waals surface area contributed by atoms with E-state index in [0.717, 1.165) is 17.8 Å². The van der Waals surface area contributed by atoms with Gasteiger partial charge in [0.25, 0.3) is 0 Å². The molecule has 1 fully saturated rings. The molecule has 2 aromatic carbocycles. The van der Waals surface area contributed by atoms with E-state index >= 15 is 0 Å². The zero-order valence-electron chi connectivity index (χ0n) is 15.9. The second-order valence-corrected chi connectivity index (χ2v) is 6.85. The number of aliphatic hydroxyl groups excluding tert-OH is 1. The van der Waals surface area contributed by atoms with Crippen LogP contribution in [0.25, 0.3) is 0 Å². The zero-order chi connectivity index (χ0) is 21.0. The van der Waals surface area contributed by atoms with E-state index in [1.807, 2.05) is 0 Å². The number of benzene rings is 2. The molecule has 1 aliphatic rings. The molecule has 1 aliphatic heterocycles. The highest BCUT2D eigenvalue weighted by Crippen LogP contribution is 2.33. The van der Waals surface area contributed by atoms with Crippen molar-refractivity contribution in [2.45, 2.75) is 31.2 Å². The third kappa shape index (κ3) is 5.00. The summed E-state index contributed by atoms with van der Waals surface area (Å²) in [5.74, 6) is -0.0537. The molecule has 8 heteroatoms. The maximum Gasteiger partial charge on any atom is 0.416 e. The van der Waals surface area contributed by atoms with Gasteiger partial charge in [-0.15, -0.1) is 0 Å². The number of halogens is 3. The van der Waals surface area contributed by atoms with Crippen LogP contribution in [0.5, 0.6) is 5.75 Å². The third-order valence-electron chi connectivity index (χ3n) is 4.94. The first kappa shape index (κ1) is 21.0. The van der Waals surface area contributed by atoms with Crippen molar-refractivity contribution in [1.82, 2.24) is 0 Å². The monoisotopic (exact) mass is 409 g/mol. The van der Waals surface area contributed by atoms with E-state index in [1.54, 1.807) is 24.3 Å². The van der Waals surface area contributed by atoms with Crippen LogP contribution in [0.1, 0.15) is 28.8 Å². The Balaban J connectivity index is 1.71. The van der Waals surface area contributed by atoms with Crippen LogP contribution in [0, 0.1) is 0 Å². The van der Waals surface area contributed by atoms with Gasteiger partial charge in [-0.05, 0) is 55.0 Å². The number of hydrogen-bond acceptors (Lipinski definition) is 5. The molecule has 29 heavy (non-hydrogen) atoms. The van der Waals surface area contributed by atoms with Gasteiger partial charge in [0, 0.05) is 24.8 Å². The van der Waals surface area contributed by atoms with Crippen molar-refractivity contribution in [3.05, 3.63) is 59.7 Å². The van der Waals surface area contributed by atoms with Crippen molar-refractivity contribution in [3.8, 4) is 5.75 Å². The minimum absolute atomic E-state index is 0.00834. The summed E-state index contributed by atoms with van der Waals surface area (Å²) in [6.45, 7) is 0.525. The standard InChI is InChI=1S/C21H22F3NO4/c1-28-20(27)14-2-6-16(7-3-14)25-13-19(12-17(25)10-11-26)29-18-8-4-15(5-9-18)21(22,23)24/h2-9,17,19,26H,10-13H2,1H3/t17-,19+/m1/s1. The first-order valence-electron chi connectivity index (χ1n) is 9.21. The highest BCUT2D eigenvalue weighted by Gasteiger charge is 2.34. The van der Waals surface area contributed by atoms with Gasteiger partial charge in [0.15, 0.2) is 0 Å². The predicted octanol–water partition coefficient (Wildman–Crippen LogP) is 3.90. The molecule has 2 aromatic rings. The van der Waals surface area contributed by atoms with Gasteiger partial charge in [-0.1, -0.05) is 0 Å². The van der Waals surface area contributed by atoms with Gasteiger partial charge in [0.1, 0.15) is 11.9 Å². The SMILES string of the molecule is COC(=O)c1ccc(N2C[C@@H](Oc3ccc(C(F)(F)F)cc3)C[C@H]2CCO)cc1. The lowest BCUT2D eigenvalue weighted by atomic mass is 10.1. The Morgan fingerprint density at radius 1 is 1.14 bits per heavy atom. The first-order chi connectivity index (χ1) is 13.8. The van der Waals surface area contributed by atoms with Crippen molar-refractivity contribution in [1.29, 1.82) is 0 Å². The van der Waals surface area contributed by atoms with Crippen molar-refractivity contribution in [3.63, 3.8) is 0 Å². The van der Waals surface area contributed by atoms with Crippen LogP contribution in [-0.4, -0.2) is 43.5 Å². The van der Waals surface area contributed by atoms with Crippen molar-refractivity contribution in [2.75, 3.05) is 25.2 Å². The number of methoxy groups -OCH3 is 1. The van der Waals surface area contributed by atoms with Crippen LogP contribution >= 0.6 is 0 Å². The van der Waals surface area contributed by atoms with Crippen molar-refractivity contribution >= 4 is 11.7 Å². The second-order valence-electron chi connectivity index (χ2n) is 6.85. The maximum atomic E-state index is 12.7. The van der Waals surface area contributed by atoms with E-state index in [9.17, 15) is 23.1 Å². The smallest absolute Gasteiger partial charge is 0.416 e. The van der Waals surface area contributed by atoms with Crippen LogP contribution < -0.4 is 9.64 Å². The van der Waals surface area contributed by atoms with E-state index < -0.39 is 17.7 Å². The van der Waals surface area contributed by atoms with Crippen LogP contribution in [0.15, 0.2) is 48.5 Å². The van der Waals surface area contributed by atoms with Gasteiger partial charge in [-0.2, -0.15) is 13.2 Å². The van der Waals surface area contributed by atoms with Gasteiger partial charge in [0.05, 0.1) is 24.8 Å². The van der Waals surface area contributed by atoms with E-state index in [2.05, 4.69) is 4.90 Å². The summed E-state index contributed by atoms with van der Waals surface area (Å²) < 4.78 is 48.7. The second kappa shape index (κ2) is 8.73.